The molecule has 0 N–H and O–H groups in total. The highest BCUT2D eigenvalue weighted by molar-refractivity contribution is 5.76. The number of benzene rings is 3. The third-order valence-corrected chi connectivity index (χ3v) is 4.26. The minimum Gasteiger partial charge on any atom is -0.323 e. The van der Waals surface area contributed by atoms with Crippen molar-refractivity contribution in [3.63, 3.8) is 0 Å². The van der Waals surface area contributed by atoms with Gasteiger partial charge < -0.3 is 9.47 Å². The Kier molecular flexibility index (Phi) is 3.75. The van der Waals surface area contributed by atoms with E-state index in [9.17, 15) is 0 Å². The summed E-state index contributed by atoms with van der Waals surface area (Å²) in [7, 11) is 0. The molecule has 118 valence electrons. The Balaban J connectivity index is 1.81. The van der Waals surface area contributed by atoms with E-state index in [1.54, 1.807) is 0 Å². The van der Waals surface area contributed by atoms with Crippen LogP contribution in [0.25, 0.3) is 11.0 Å². The Labute approximate surface area is 141 Å². The van der Waals surface area contributed by atoms with Crippen molar-refractivity contribution in [2.45, 2.75) is 13.6 Å². The zero-order valence-corrected chi connectivity index (χ0v) is 13.6. The summed E-state index contributed by atoms with van der Waals surface area (Å²) in [5.41, 5.74) is 4.53. The molecule has 0 aliphatic carbocycles. The van der Waals surface area contributed by atoms with E-state index < -0.39 is 0 Å². The summed E-state index contributed by atoms with van der Waals surface area (Å²) in [6.07, 6.45) is 0. The van der Waals surface area contributed by atoms with Crippen LogP contribution in [0.15, 0.2) is 84.9 Å². The van der Waals surface area contributed by atoms with Gasteiger partial charge in [0.2, 0.25) is 0 Å². The van der Waals surface area contributed by atoms with Crippen molar-refractivity contribution in [1.82, 2.24) is 9.55 Å². The Morgan fingerprint density at radius 2 is 1.29 bits per heavy atom. The van der Waals surface area contributed by atoms with Gasteiger partial charge in [-0.15, -0.1) is 0 Å². The Bertz CT molecular complexity index is 903. The van der Waals surface area contributed by atoms with Crippen LogP contribution < -0.4 is 4.90 Å². The molecule has 4 aromatic rings. The molecule has 3 aromatic carbocycles. The first kappa shape index (κ1) is 14.5. The molecule has 4 rings (SSSR count). The maximum Gasteiger partial charge on any atom is 0.108 e. The summed E-state index contributed by atoms with van der Waals surface area (Å²) < 4.78 is 2.26. The minimum absolute atomic E-state index is 0.723. The molecule has 1 heterocycles. The summed E-state index contributed by atoms with van der Waals surface area (Å²) in [5, 5.41) is 0. The molecule has 0 aliphatic heterocycles. The quantitative estimate of drug-likeness (QED) is 0.520. The smallest absolute Gasteiger partial charge is 0.108 e. The van der Waals surface area contributed by atoms with Gasteiger partial charge in [0.15, 0.2) is 0 Å². The first-order valence-electron chi connectivity index (χ1n) is 8.12. The Hall–Kier alpha value is -3.07. The number of imidazole rings is 1. The van der Waals surface area contributed by atoms with E-state index in [-0.39, 0.29) is 0 Å². The molecule has 0 spiro atoms. The van der Waals surface area contributed by atoms with Crippen molar-refractivity contribution in [3.05, 3.63) is 90.8 Å². The predicted molar refractivity (Wildman–Crippen MR) is 99.5 cm³/mol. The van der Waals surface area contributed by atoms with Crippen molar-refractivity contribution < 1.29 is 0 Å². The van der Waals surface area contributed by atoms with E-state index in [2.05, 4.69) is 88.1 Å². The molecule has 0 saturated heterocycles. The Morgan fingerprint density at radius 1 is 0.750 bits per heavy atom. The molecule has 0 bridgehead atoms. The van der Waals surface area contributed by atoms with Gasteiger partial charge >= 0.3 is 0 Å². The largest absolute Gasteiger partial charge is 0.323 e. The topological polar surface area (TPSA) is 21.1 Å². The average molecular weight is 313 g/mol. The van der Waals surface area contributed by atoms with E-state index in [0.717, 1.165) is 23.5 Å². The summed E-state index contributed by atoms with van der Waals surface area (Å²) >= 11 is 0. The van der Waals surface area contributed by atoms with Crippen molar-refractivity contribution in [2.24, 2.45) is 0 Å². The molecule has 0 saturated carbocycles. The van der Waals surface area contributed by atoms with Crippen LogP contribution in [0.2, 0.25) is 0 Å². The Morgan fingerprint density at radius 3 is 1.92 bits per heavy atom. The number of para-hydroxylation sites is 4. The predicted octanol–water partition coefficient (Wildman–Crippen LogP) is 5.14. The second-order valence-corrected chi connectivity index (χ2v) is 5.82. The SMILES string of the molecule is Cc1nc2ccccc2n1CN(c1ccccc1)c1ccccc1. The lowest BCUT2D eigenvalue weighted by atomic mass is 10.2. The van der Waals surface area contributed by atoms with Crippen LogP contribution in [0.5, 0.6) is 0 Å². The van der Waals surface area contributed by atoms with Gasteiger partial charge in [0.1, 0.15) is 12.5 Å². The van der Waals surface area contributed by atoms with Gasteiger partial charge in [0.25, 0.3) is 0 Å². The molecule has 0 amide bonds. The molecule has 1 aromatic heterocycles. The molecule has 24 heavy (non-hydrogen) atoms. The molecule has 3 nitrogen and oxygen atoms in total. The average Bonchev–Trinajstić information content (AvgIpc) is 2.96. The van der Waals surface area contributed by atoms with Crippen LogP contribution in [0.1, 0.15) is 5.82 Å². The lowest BCUT2D eigenvalue weighted by Crippen LogP contribution is -2.21. The first-order valence-corrected chi connectivity index (χ1v) is 8.12. The summed E-state index contributed by atoms with van der Waals surface area (Å²) in [6, 6.07) is 29.2. The number of hydrogen-bond donors (Lipinski definition) is 0. The molecular weight excluding hydrogens is 294 g/mol. The monoisotopic (exact) mass is 313 g/mol. The van der Waals surface area contributed by atoms with Crippen molar-refractivity contribution >= 4 is 22.4 Å². The number of anilines is 2. The van der Waals surface area contributed by atoms with Gasteiger partial charge in [0.05, 0.1) is 11.0 Å². The lowest BCUT2D eigenvalue weighted by molar-refractivity contribution is 0.702. The normalized spacial score (nSPS) is 10.9. The summed E-state index contributed by atoms with van der Waals surface area (Å²) in [4.78, 5) is 7.00. The van der Waals surface area contributed by atoms with Crippen molar-refractivity contribution in [3.8, 4) is 0 Å². The van der Waals surface area contributed by atoms with Crippen molar-refractivity contribution in [1.29, 1.82) is 0 Å². The second kappa shape index (κ2) is 6.20. The third kappa shape index (κ3) is 2.65. The van der Waals surface area contributed by atoms with E-state index in [4.69, 9.17) is 0 Å². The van der Waals surface area contributed by atoms with E-state index in [1.165, 1.54) is 11.4 Å². The molecule has 0 radical (unpaired) electrons. The van der Waals surface area contributed by atoms with Crippen LogP contribution >= 0.6 is 0 Å². The molecule has 3 heteroatoms. The van der Waals surface area contributed by atoms with Gasteiger partial charge in [-0.25, -0.2) is 4.98 Å². The highest BCUT2D eigenvalue weighted by atomic mass is 15.3. The lowest BCUT2D eigenvalue weighted by Gasteiger charge is -2.26. The summed E-state index contributed by atoms with van der Waals surface area (Å²) in [6.45, 7) is 2.79. The van der Waals surface area contributed by atoms with Gasteiger partial charge in [0, 0.05) is 11.4 Å². The maximum absolute atomic E-state index is 4.69. The number of fused-ring (bicyclic) bond motifs is 1. The fraction of sp³-hybridized carbons (Fsp3) is 0.0952. The standard InChI is InChI=1S/C21H19N3/c1-17-22-20-14-8-9-15-21(20)23(17)16-24(18-10-4-2-5-11-18)19-12-6-3-7-13-19/h2-15H,16H2,1H3. The highest BCUT2D eigenvalue weighted by Crippen LogP contribution is 2.27. The number of aromatic nitrogens is 2. The first-order chi connectivity index (χ1) is 11.8. The van der Waals surface area contributed by atoms with Gasteiger partial charge in [-0.2, -0.15) is 0 Å². The highest BCUT2D eigenvalue weighted by Gasteiger charge is 2.13. The van der Waals surface area contributed by atoms with Crippen LogP contribution in [0.4, 0.5) is 11.4 Å². The van der Waals surface area contributed by atoms with Crippen LogP contribution in [-0.4, -0.2) is 9.55 Å². The van der Waals surface area contributed by atoms with E-state index >= 15 is 0 Å². The number of nitrogens with zero attached hydrogens (tertiary/aromatic N) is 3. The third-order valence-electron chi connectivity index (χ3n) is 4.26. The fourth-order valence-electron chi connectivity index (χ4n) is 3.04. The summed E-state index contributed by atoms with van der Waals surface area (Å²) in [5.74, 6) is 1.02. The number of rotatable bonds is 4. The van der Waals surface area contributed by atoms with Gasteiger partial charge in [-0.3, -0.25) is 0 Å². The molecular formula is C21H19N3. The molecule has 0 atom stereocenters. The number of hydrogen-bond acceptors (Lipinski definition) is 2. The van der Waals surface area contributed by atoms with Crippen LogP contribution in [-0.2, 0) is 6.67 Å². The van der Waals surface area contributed by atoms with Gasteiger partial charge in [-0.05, 0) is 43.3 Å². The van der Waals surface area contributed by atoms with Crippen LogP contribution in [0.3, 0.4) is 0 Å². The molecule has 0 aliphatic rings. The zero-order valence-electron chi connectivity index (χ0n) is 13.6. The van der Waals surface area contributed by atoms with E-state index in [1.807, 2.05) is 18.2 Å². The molecule has 0 fully saturated rings. The maximum atomic E-state index is 4.69. The van der Waals surface area contributed by atoms with Gasteiger partial charge in [-0.1, -0.05) is 48.5 Å². The van der Waals surface area contributed by atoms with Crippen LogP contribution in [0, 0.1) is 6.92 Å². The van der Waals surface area contributed by atoms with E-state index in [0.29, 0.717) is 0 Å². The zero-order chi connectivity index (χ0) is 16.4. The van der Waals surface area contributed by atoms with Crippen molar-refractivity contribution in [2.75, 3.05) is 4.90 Å². The minimum atomic E-state index is 0.723. The molecule has 0 unspecified atom stereocenters. The second-order valence-electron chi connectivity index (χ2n) is 5.82. The fourth-order valence-corrected chi connectivity index (χ4v) is 3.04. The number of aryl methyl sites for hydroxylation is 1.